The van der Waals surface area contributed by atoms with E-state index in [1.165, 1.54) is 44.1 Å². The van der Waals surface area contributed by atoms with Crippen LogP contribution in [-0.2, 0) is 6.54 Å². The van der Waals surface area contributed by atoms with Gasteiger partial charge in [-0.2, -0.15) is 0 Å². The average molecular weight is 259 g/mol. The number of hydrogen-bond acceptors (Lipinski definition) is 2. The van der Waals surface area contributed by atoms with Gasteiger partial charge in [-0.1, -0.05) is 49.9 Å². The summed E-state index contributed by atoms with van der Waals surface area (Å²) in [5, 5.41) is 7.66. The fourth-order valence-electron chi connectivity index (χ4n) is 3.02. The van der Waals surface area contributed by atoms with Crippen molar-refractivity contribution in [1.82, 2.24) is 4.90 Å². The zero-order valence-corrected chi connectivity index (χ0v) is 11.9. The molecule has 3 heteroatoms. The highest BCUT2D eigenvalue weighted by Crippen LogP contribution is 2.22. The molecule has 2 rings (SSSR count). The molecule has 1 aromatic carbocycles. The lowest BCUT2D eigenvalue weighted by Gasteiger charge is -2.27. The number of hydrogen-bond donors (Lipinski definition) is 2. The number of nitrogen functional groups attached to an aromatic ring is 1. The summed E-state index contributed by atoms with van der Waals surface area (Å²) in [5.74, 6) is 0.171. The second-order valence-corrected chi connectivity index (χ2v) is 5.63. The van der Waals surface area contributed by atoms with E-state index < -0.39 is 0 Å². The van der Waals surface area contributed by atoms with E-state index >= 15 is 0 Å². The van der Waals surface area contributed by atoms with Gasteiger partial charge in [0.05, 0.1) is 0 Å². The summed E-state index contributed by atoms with van der Waals surface area (Å²) in [6.07, 6.45) is 8.08. The number of nitrogens with two attached hydrogens (primary N) is 1. The maximum atomic E-state index is 7.66. The third-order valence-electron chi connectivity index (χ3n) is 4.18. The van der Waals surface area contributed by atoms with Crippen LogP contribution in [0.3, 0.4) is 0 Å². The van der Waals surface area contributed by atoms with Gasteiger partial charge in [0.15, 0.2) is 0 Å². The van der Waals surface area contributed by atoms with Gasteiger partial charge in [0.25, 0.3) is 0 Å². The number of amidine groups is 1. The van der Waals surface area contributed by atoms with Crippen LogP contribution in [0, 0.1) is 5.41 Å². The Morgan fingerprint density at radius 2 is 1.84 bits per heavy atom. The first-order valence-corrected chi connectivity index (χ1v) is 7.31. The van der Waals surface area contributed by atoms with Crippen molar-refractivity contribution >= 4 is 5.84 Å². The standard InChI is InChI=1S/C16H25N3/c1-19(14-9-4-2-3-5-10-14)12-13-8-6-7-11-15(13)16(17)18/h6-8,11,14H,2-5,9-10,12H2,1H3,(H3,17,18). The topological polar surface area (TPSA) is 53.1 Å². The van der Waals surface area contributed by atoms with E-state index in [1.54, 1.807) is 0 Å². The van der Waals surface area contributed by atoms with Gasteiger partial charge in [-0.25, -0.2) is 0 Å². The second kappa shape index (κ2) is 6.71. The summed E-state index contributed by atoms with van der Waals surface area (Å²) in [5.41, 5.74) is 7.70. The molecule has 0 heterocycles. The van der Waals surface area contributed by atoms with Crippen LogP contribution in [0.5, 0.6) is 0 Å². The molecule has 1 aromatic rings. The summed E-state index contributed by atoms with van der Waals surface area (Å²) in [6.45, 7) is 0.889. The smallest absolute Gasteiger partial charge is 0.123 e. The molecule has 0 radical (unpaired) electrons. The quantitative estimate of drug-likeness (QED) is 0.496. The molecule has 0 spiro atoms. The molecule has 0 aliphatic heterocycles. The molecule has 1 saturated carbocycles. The SMILES string of the molecule is CN(Cc1ccccc1C(=N)N)C1CCCCCC1. The first-order chi connectivity index (χ1) is 9.18. The molecule has 0 saturated heterocycles. The summed E-state index contributed by atoms with van der Waals surface area (Å²) in [6, 6.07) is 8.69. The highest BCUT2D eigenvalue weighted by Gasteiger charge is 2.18. The molecule has 1 fully saturated rings. The van der Waals surface area contributed by atoms with Crippen molar-refractivity contribution in [2.24, 2.45) is 5.73 Å². The summed E-state index contributed by atoms with van der Waals surface area (Å²) in [4.78, 5) is 2.44. The number of benzene rings is 1. The van der Waals surface area contributed by atoms with Crippen molar-refractivity contribution < 1.29 is 0 Å². The van der Waals surface area contributed by atoms with Gasteiger partial charge in [-0.05, 0) is 25.5 Å². The van der Waals surface area contributed by atoms with Gasteiger partial charge in [-0.15, -0.1) is 0 Å². The van der Waals surface area contributed by atoms with Crippen LogP contribution in [0.2, 0.25) is 0 Å². The highest BCUT2D eigenvalue weighted by molar-refractivity contribution is 5.96. The molecule has 0 bridgehead atoms. The second-order valence-electron chi connectivity index (χ2n) is 5.63. The van der Waals surface area contributed by atoms with Crippen LogP contribution in [0.25, 0.3) is 0 Å². The first-order valence-electron chi connectivity index (χ1n) is 7.31. The summed E-state index contributed by atoms with van der Waals surface area (Å²) < 4.78 is 0. The van der Waals surface area contributed by atoms with Crippen molar-refractivity contribution in [1.29, 1.82) is 5.41 Å². The van der Waals surface area contributed by atoms with Gasteiger partial charge in [-0.3, -0.25) is 10.3 Å². The largest absolute Gasteiger partial charge is 0.384 e. The minimum atomic E-state index is 0.171. The summed E-state index contributed by atoms with van der Waals surface area (Å²) >= 11 is 0. The third kappa shape index (κ3) is 3.80. The monoisotopic (exact) mass is 259 g/mol. The van der Waals surface area contributed by atoms with E-state index in [1.807, 2.05) is 18.2 Å². The van der Waals surface area contributed by atoms with Crippen LogP contribution < -0.4 is 5.73 Å². The van der Waals surface area contributed by atoms with E-state index in [2.05, 4.69) is 18.0 Å². The Kier molecular flexibility index (Phi) is 4.97. The highest BCUT2D eigenvalue weighted by atomic mass is 15.1. The Balaban J connectivity index is 2.05. The van der Waals surface area contributed by atoms with Gasteiger partial charge >= 0.3 is 0 Å². The van der Waals surface area contributed by atoms with Crippen LogP contribution in [0.4, 0.5) is 0 Å². The molecule has 0 unspecified atom stereocenters. The Labute approximate surface area is 116 Å². The minimum absolute atomic E-state index is 0.171. The molecule has 1 aliphatic carbocycles. The minimum Gasteiger partial charge on any atom is -0.384 e. The van der Waals surface area contributed by atoms with Gasteiger partial charge in [0.2, 0.25) is 0 Å². The Hall–Kier alpha value is -1.35. The molecule has 19 heavy (non-hydrogen) atoms. The molecular formula is C16H25N3. The van der Waals surface area contributed by atoms with Crippen molar-refractivity contribution in [2.75, 3.05) is 7.05 Å². The fraction of sp³-hybridized carbons (Fsp3) is 0.562. The van der Waals surface area contributed by atoms with Crippen molar-refractivity contribution in [3.05, 3.63) is 35.4 Å². The van der Waals surface area contributed by atoms with Gasteiger partial charge < -0.3 is 5.73 Å². The van der Waals surface area contributed by atoms with Crippen molar-refractivity contribution in [2.45, 2.75) is 51.1 Å². The molecular weight excluding hydrogens is 234 g/mol. The molecule has 0 amide bonds. The Morgan fingerprint density at radius 1 is 1.21 bits per heavy atom. The number of nitrogens with zero attached hydrogens (tertiary/aromatic N) is 1. The third-order valence-corrected chi connectivity index (χ3v) is 4.18. The molecule has 1 aliphatic rings. The van der Waals surface area contributed by atoms with Gasteiger partial charge in [0, 0.05) is 18.2 Å². The lowest BCUT2D eigenvalue weighted by molar-refractivity contribution is 0.213. The van der Waals surface area contributed by atoms with Gasteiger partial charge in [0.1, 0.15) is 5.84 Å². The molecule has 3 N–H and O–H groups in total. The number of nitrogens with one attached hydrogen (secondary N) is 1. The van der Waals surface area contributed by atoms with Crippen LogP contribution in [0.15, 0.2) is 24.3 Å². The molecule has 104 valence electrons. The maximum Gasteiger partial charge on any atom is 0.123 e. The Bertz CT molecular complexity index is 420. The van der Waals surface area contributed by atoms with E-state index in [0.717, 1.165) is 12.1 Å². The molecule has 0 aromatic heterocycles. The summed E-state index contributed by atoms with van der Waals surface area (Å²) in [7, 11) is 2.20. The average Bonchev–Trinajstić information content (AvgIpc) is 2.68. The van der Waals surface area contributed by atoms with Crippen LogP contribution in [-0.4, -0.2) is 23.8 Å². The molecule has 3 nitrogen and oxygen atoms in total. The lowest BCUT2D eigenvalue weighted by Crippen LogP contribution is -2.31. The zero-order valence-electron chi connectivity index (χ0n) is 11.9. The van der Waals surface area contributed by atoms with E-state index in [9.17, 15) is 0 Å². The van der Waals surface area contributed by atoms with E-state index in [4.69, 9.17) is 11.1 Å². The number of rotatable bonds is 4. The van der Waals surface area contributed by atoms with E-state index in [0.29, 0.717) is 6.04 Å². The van der Waals surface area contributed by atoms with Crippen molar-refractivity contribution in [3.63, 3.8) is 0 Å². The first kappa shape index (κ1) is 14.1. The fourth-order valence-corrected chi connectivity index (χ4v) is 3.02. The zero-order chi connectivity index (χ0) is 13.7. The maximum absolute atomic E-state index is 7.66. The Morgan fingerprint density at radius 3 is 2.47 bits per heavy atom. The van der Waals surface area contributed by atoms with Crippen molar-refractivity contribution in [3.8, 4) is 0 Å². The van der Waals surface area contributed by atoms with Crippen LogP contribution >= 0.6 is 0 Å². The van der Waals surface area contributed by atoms with E-state index in [-0.39, 0.29) is 5.84 Å². The normalized spacial score (nSPS) is 17.4. The lowest BCUT2D eigenvalue weighted by atomic mass is 10.0. The van der Waals surface area contributed by atoms with Crippen LogP contribution in [0.1, 0.15) is 49.7 Å². The molecule has 0 atom stereocenters. The predicted molar refractivity (Wildman–Crippen MR) is 80.4 cm³/mol. The predicted octanol–water partition coefficient (Wildman–Crippen LogP) is 3.13.